The van der Waals surface area contributed by atoms with E-state index >= 15 is 0 Å². The predicted molar refractivity (Wildman–Crippen MR) is 187 cm³/mol. The highest BCUT2D eigenvalue weighted by Gasteiger charge is 2.39. The number of nitrogens with one attached hydrogen (secondary N) is 2. The van der Waals surface area contributed by atoms with E-state index in [0.717, 1.165) is 49.5 Å². The predicted octanol–water partition coefficient (Wildman–Crippen LogP) is 2.42. The van der Waals surface area contributed by atoms with E-state index in [1.165, 1.54) is 6.08 Å². The van der Waals surface area contributed by atoms with E-state index in [1.807, 2.05) is 44.2 Å². The third kappa shape index (κ3) is 7.74. The first-order valence-corrected chi connectivity index (χ1v) is 17.2. The number of ether oxygens (including phenoxy) is 1. The summed E-state index contributed by atoms with van der Waals surface area (Å²) in [6.45, 7) is 7.12. The van der Waals surface area contributed by atoms with Crippen LogP contribution in [0.25, 0.3) is 0 Å². The Morgan fingerprint density at radius 3 is 2.32 bits per heavy atom. The van der Waals surface area contributed by atoms with E-state index in [1.54, 1.807) is 17.0 Å². The highest BCUT2D eigenvalue weighted by atomic mass is 16.6. The lowest BCUT2D eigenvalue weighted by Crippen LogP contribution is -2.52. The zero-order chi connectivity index (χ0) is 35.5. The molecule has 3 heterocycles. The number of imide groups is 1. The molecule has 4 aliphatic rings. The van der Waals surface area contributed by atoms with Gasteiger partial charge in [-0.25, -0.2) is 4.79 Å². The maximum atomic E-state index is 13.1. The molecule has 0 radical (unpaired) electrons. The number of piperidine rings is 1. The van der Waals surface area contributed by atoms with Crippen molar-refractivity contribution < 1.29 is 28.7 Å². The van der Waals surface area contributed by atoms with Crippen LogP contribution in [-0.4, -0.2) is 84.8 Å². The average molecular weight is 685 g/mol. The molecule has 3 atom stereocenters. The first-order valence-electron chi connectivity index (χ1n) is 17.2. The molecule has 0 bridgehead atoms. The second-order valence-corrected chi connectivity index (χ2v) is 13.6. The molecule has 0 spiro atoms. The minimum atomic E-state index is -0.635. The molecule has 2 aromatic carbocycles. The number of benzene rings is 2. The van der Waals surface area contributed by atoms with Crippen molar-refractivity contribution in [3.05, 3.63) is 70.9 Å². The lowest BCUT2D eigenvalue weighted by Gasteiger charge is -2.37. The molecule has 264 valence electrons. The summed E-state index contributed by atoms with van der Waals surface area (Å²) in [5.74, 6) is -1.36. The van der Waals surface area contributed by atoms with Crippen molar-refractivity contribution in [2.75, 3.05) is 36.0 Å². The fraction of sp³-hybridized carbons (Fsp3) is 0.444. The van der Waals surface area contributed by atoms with Gasteiger partial charge in [0.05, 0.1) is 0 Å². The van der Waals surface area contributed by atoms with E-state index in [9.17, 15) is 24.0 Å². The monoisotopic (exact) mass is 684 g/mol. The molecule has 14 nitrogen and oxygen atoms in total. The van der Waals surface area contributed by atoms with E-state index in [-0.39, 0.29) is 42.1 Å². The summed E-state index contributed by atoms with van der Waals surface area (Å²) < 4.78 is 5.47. The second kappa shape index (κ2) is 14.6. The van der Waals surface area contributed by atoms with Crippen LogP contribution in [0.4, 0.5) is 16.2 Å². The minimum absolute atomic E-state index is 0.00679. The standard InChI is InChI=1S/C36H44N8O6/c1-21(2)39-36(49)50-27-9-5-23(18-27)29(37)19-31(38)40-33(46)22-3-6-25(7-4-22)42-13-15-43(16-14-42)26-8-10-28-24(17-26)20-44(35(28)48)30-11-12-32(45)41-34(30)47/h3-4,6-8,10,17,19,21,23,27,30H,5,9,11-16,18,20,37H2,1-2H3,(H,39,49)(H2,38,40,46)(H,41,45,47)/b29-19-. The molecule has 1 saturated carbocycles. The van der Waals surface area contributed by atoms with E-state index < -0.39 is 23.9 Å². The summed E-state index contributed by atoms with van der Waals surface area (Å²) in [6.07, 6.45) is 3.45. The van der Waals surface area contributed by atoms with Crippen molar-refractivity contribution in [1.82, 2.24) is 15.5 Å². The van der Waals surface area contributed by atoms with Gasteiger partial charge in [0, 0.05) is 79.3 Å². The molecule has 50 heavy (non-hydrogen) atoms. The number of nitrogens with zero attached hydrogens (tertiary/aromatic N) is 4. The van der Waals surface area contributed by atoms with Gasteiger partial charge in [0.15, 0.2) is 0 Å². The van der Waals surface area contributed by atoms with Crippen LogP contribution >= 0.6 is 0 Å². The summed E-state index contributed by atoms with van der Waals surface area (Å²) in [4.78, 5) is 71.9. The number of alkyl carbamates (subject to hydrolysis) is 1. The zero-order valence-electron chi connectivity index (χ0n) is 28.4. The first kappa shape index (κ1) is 34.5. The van der Waals surface area contributed by atoms with Crippen molar-refractivity contribution >= 4 is 46.9 Å². The van der Waals surface area contributed by atoms with Gasteiger partial charge in [-0.05, 0) is 93.6 Å². The number of aliphatic imine (C=N–C) groups is 1. The van der Waals surface area contributed by atoms with E-state index in [0.29, 0.717) is 42.6 Å². The van der Waals surface area contributed by atoms with Crippen LogP contribution in [0.15, 0.2) is 59.2 Å². The molecule has 14 heteroatoms. The fourth-order valence-corrected chi connectivity index (χ4v) is 7.07. The number of fused-ring (bicyclic) bond motifs is 1. The van der Waals surface area contributed by atoms with Gasteiger partial charge in [0.1, 0.15) is 18.0 Å². The molecule has 3 aliphatic heterocycles. The van der Waals surface area contributed by atoms with Crippen molar-refractivity contribution in [3.8, 4) is 0 Å². The van der Waals surface area contributed by atoms with Crippen molar-refractivity contribution in [3.63, 3.8) is 0 Å². The first-order chi connectivity index (χ1) is 23.9. The van der Waals surface area contributed by atoms with Crippen LogP contribution < -0.4 is 31.9 Å². The Morgan fingerprint density at radius 2 is 1.64 bits per heavy atom. The number of anilines is 2. The molecule has 2 saturated heterocycles. The quantitative estimate of drug-likeness (QED) is 0.182. The number of carbonyl (C=O) groups is 5. The van der Waals surface area contributed by atoms with E-state index in [2.05, 4.69) is 25.4 Å². The number of carbonyl (C=O) groups excluding carboxylic acids is 5. The van der Waals surface area contributed by atoms with Crippen LogP contribution in [0.5, 0.6) is 0 Å². The Kier molecular flexibility index (Phi) is 10.1. The van der Waals surface area contributed by atoms with Crippen LogP contribution in [0.3, 0.4) is 0 Å². The van der Waals surface area contributed by atoms with Gasteiger partial charge in [0.2, 0.25) is 11.8 Å². The van der Waals surface area contributed by atoms with Crippen LogP contribution in [-0.2, 0) is 20.9 Å². The second-order valence-electron chi connectivity index (χ2n) is 13.6. The number of piperazine rings is 1. The lowest BCUT2D eigenvalue weighted by atomic mass is 10.0. The molecule has 6 N–H and O–H groups in total. The average Bonchev–Trinajstić information content (AvgIpc) is 3.68. The maximum absolute atomic E-state index is 13.1. The fourth-order valence-electron chi connectivity index (χ4n) is 7.07. The molecule has 0 aromatic heterocycles. The van der Waals surface area contributed by atoms with Crippen molar-refractivity contribution in [1.29, 1.82) is 0 Å². The number of allylic oxidation sites excluding steroid dienone is 1. The highest BCUT2D eigenvalue weighted by Crippen LogP contribution is 2.32. The Balaban J connectivity index is 0.995. The minimum Gasteiger partial charge on any atom is -0.446 e. The van der Waals surface area contributed by atoms with Gasteiger partial charge in [-0.15, -0.1) is 0 Å². The Morgan fingerprint density at radius 1 is 0.960 bits per heavy atom. The molecule has 6 rings (SSSR count). The van der Waals surface area contributed by atoms with Gasteiger partial charge in [-0.1, -0.05) is 0 Å². The summed E-state index contributed by atoms with van der Waals surface area (Å²) >= 11 is 0. The van der Waals surface area contributed by atoms with Crippen molar-refractivity contribution in [2.24, 2.45) is 22.4 Å². The summed E-state index contributed by atoms with van der Waals surface area (Å²) in [5.41, 5.74) is 16.7. The van der Waals surface area contributed by atoms with E-state index in [4.69, 9.17) is 16.2 Å². The van der Waals surface area contributed by atoms with Gasteiger partial charge < -0.3 is 36.2 Å². The molecule has 5 amide bonds. The Bertz CT molecular complexity index is 1730. The van der Waals surface area contributed by atoms with Gasteiger partial charge in [0.25, 0.3) is 11.8 Å². The molecule has 3 fully saturated rings. The molecule has 3 unspecified atom stereocenters. The maximum Gasteiger partial charge on any atom is 0.407 e. The summed E-state index contributed by atoms with van der Waals surface area (Å²) in [7, 11) is 0. The van der Waals surface area contributed by atoms with Gasteiger partial charge in [-0.3, -0.25) is 24.5 Å². The van der Waals surface area contributed by atoms with Crippen LogP contribution in [0.2, 0.25) is 0 Å². The number of hydrogen-bond acceptors (Lipinski definition) is 9. The van der Waals surface area contributed by atoms with Gasteiger partial charge >= 0.3 is 6.09 Å². The summed E-state index contributed by atoms with van der Waals surface area (Å²) in [6, 6.07) is 12.4. The number of nitrogens with two attached hydrogens (primary N) is 2. The molecular formula is C36H44N8O6. The number of hydrogen-bond donors (Lipinski definition) is 4. The Hall–Kier alpha value is -5.40. The number of rotatable bonds is 8. The van der Waals surface area contributed by atoms with Crippen LogP contribution in [0, 0.1) is 5.92 Å². The largest absolute Gasteiger partial charge is 0.446 e. The smallest absolute Gasteiger partial charge is 0.407 e. The SMILES string of the molecule is CC(C)NC(=O)OC1CCC(/C(N)=C/C(N)=NC(=O)c2ccc(N3CCN(c4ccc5c(c4)CN(C4CCC(=O)NC4=O)C5=O)CC3)cc2)C1. The summed E-state index contributed by atoms with van der Waals surface area (Å²) in [5, 5.41) is 5.06. The normalized spacial score (nSPS) is 22.9. The van der Waals surface area contributed by atoms with Gasteiger partial charge in [-0.2, -0.15) is 4.99 Å². The third-order valence-corrected chi connectivity index (χ3v) is 9.71. The third-order valence-electron chi connectivity index (χ3n) is 9.71. The molecule has 1 aliphatic carbocycles. The molecule has 2 aromatic rings. The number of amides is 5. The zero-order valence-corrected chi connectivity index (χ0v) is 28.4. The topological polar surface area (TPSA) is 193 Å². The van der Waals surface area contributed by atoms with Crippen molar-refractivity contribution in [2.45, 2.75) is 70.7 Å². The highest BCUT2D eigenvalue weighted by molar-refractivity contribution is 6.07. The Labute approximate surface area is 290 Å². The number of amidine groups is 1. The van der Waals surface area contributed by atoms with Crippen LogP contribution in [0.1, 0.15) is 72.2 Å². The molecular weight excluding hydrogens is 640 g/mol. The lowest BCUT2D eigenvalue weighted by molar-refractivity contribution is -0.136.